The Kier molecular flexibility index (Phi) is 4.07. The maximum absolute atomic E-state index is 12.3. The lowest BCUT2D eigenvalue weighted by Gasteiger charge is -2.34. The number of aromatic amines is 1. The molecule has 0 aromatic carbocycles. The summed E-state index contributed by atoms with van der Waals surface area (Å²) < 4.78 is 2.08. The van der Waals surface area contributed by atoms with E-state index in [4.69, 9.17) is 0 Å². The van der Waals surface area contributed by atoms with Crippen molar-refractivity contribution in [2.45, 2.75) is 50.1 Å². The van der Waals surface area contributed by atoms with Crippen LogP contribution in [-0.4, -0.2) is 55.9 Å². The summed E-state index contributed by atoms with van der Waals surface area (Å²) >= 11 is 0. The molecule has 0 radical (unpaired) electrons. The first-order valence-electron chi connectivity index (χ1n) is 8.90. The Morgan fingerprint density at radius 1 is 1.32 bits per heavy atom. The summed E-state index contributed by atoms with van der Waals surface area (Å²) in [6, 6.07) is 2.08. The zero-order valence-electron chi connectivity index (χ0n) is 15.0. The summed E-state index contributed by atoms with van der Waals surface area (Å²) in [4.78, 5) is 14.4. The van der Waals surface area contributed by atoms with Crippen LogP contribution in [0.25, 0.3) is 0 Å². The number of aromatic nitrogens is 5. The van der Waals surface area contributed by atoms with E-state index in [1.807, 2.05) is 27.2 Å². The van der Waals surface area contributed by atoms with Crippen molar-refractivity contribution in [2.24, 2.45) is 7.05 Å². The third-order valence-electron chi connectivity index (χ3n) is 5.14. The second kappa shape index (κ2) is 6.25. The maximum atomic E-state index is 12.3. The summed E-state index contributed by atoms with van der Waals surface area (Å²) in [6.45, 7) is 0.777. The second-order valence-electron chi connectivity index (χ2n) is 7.59. The Balaban J connectivity index is 1.31. The zero-order chi connectivity index (χ0) is 17.6. The van der Waals surface area contributed by atoms with Crippen molar-refractivity contribution in [3.63, 3.8) is 0 Å². The predicted octanol–water partition coefficient (Wildman–Crippen LogP) is 1.15. The van der Waals surface area contributed by atoms with Crippen molar-refractivity contribution < 1.29 is 4.79 Å². The van der Waals surface area contributed by atoms with E-state index in [-0.39, 0.29) is 11.9 Å². The minimum atomic E-state index is -0.0853. The lowest BCUT2D eigenvalue weighted by atomic mass is 9.79. The van der Waals surface area contributed by atoms with Gasteiger partial charge in [-0.3, -0.25) is 9.89 Å². The number of carbonyl (C=O) groups is 1. The smallest absolute Gasteiger partial charge is 0.271 e. The fourth-order valence-corrected chi connectivity index (χ4v) is 3.41. The standard InChI is InChI=1S/C17H25N7O/c1-23(2)9-15-21-22-16(24(15)3)11-6-12(7-11)18-17(25)14-8-13(19-20-14)10-4-5-10/h8,10-12H,4-7,9H2,1-3H3,(H,18,25)(H,19,20). The van der Waals surface area contributed by atoms with Crippen LogP contribution in [0.15, 0.2) is 6.07 Å². The number of hydrogen-bond donors (Lipinski definition) is 2. The largest absolute Gasteiger partial charge is 0.348 e. The van der Waals surface area contributed by atoms with Gasteiger partial charge in [-0.2, -0.15) is 5.10 Å². The average molecular weight is 343 g/mol. The van der Waals surface area contributed by atoms with Gasteiger partial charge in [0.05, 0.1) is 6.54 Å². The van der Waals surface area contributed by atoms with Gasteiger partial charge in [0.2, 0.25) is 0 Å². The van der Waals surface area contributed by atoms with Gasteiger partial charge in [0.1, 0.15) is 17.3 Å². The molecular formula is C17H25N7O. The first kappa shape index (κ1) is 16.3. The molecule has 2 aliphatic rings. The van der Waals surface area contributed by atoms with Crippen LogP contribution in [0.3, 0.4) is 0 Å². The fraction of sp³-hybridized carbons (Fsp3) is 0.647. The van der Waals surface area contributed by atoms with E-state index in [1.165, 1.54) is 12.8 Å². The molecule has 2 aromatic rings. The number of amides is 1. The summed E-state index contributed by atoms with van der Waals surface area (Å²) in [5, 5.41) is 18.8. The molecule has 8 heteroatoms. The van der Waals surface area contributed by atoms with Crippen molar-refractivity contribution in [3.05, 3.63) is 29.1 Å². The molecule has 25 heavy (non-hydrogen) atoms. The number of carbonyl (C=O) groups excluding carboxylic acids is 1. The molecule has 134 valence electrons. The Labute approximate surface area is 147 Å². The molecule has 1 amide bonds. The first-order valence-corrected chi connectivity index (χ1v) is 8.90. The van der Waals surface area contributed by atoms with Gasteiger partial charge in [-0.05, 0) is 45.8 Å². The van der Waals surface area contributed by atoms with Crippen molar-refractivity contribution >= 4 is 5.91 Å². The van der Waals surface area contributed by atoms with Crippen molar-refractivity contribution in [1.82, 2.24) is 35.2 Å². The van der Waals surface area contributed by atoms with Gasteiger partial charge in [0, 0.05) is 30.6 Å². The quantitative estimate of drug-likeness (QED) is 0.821. The van der Waals surface area contributed by atoms with Gasteiger partial charge in [-0.25, -0.2) is 0 Å². The lowest BCUT2D eigenvalue weighted by molar-refractivity contribution is 0.0901. The summed E-state index contributed by atoms with van der Waals surface area (Å²) in [5.41, 5.74) is 1.58. The highest BCUT2D eigenvalue weighted by molar-refractivity contribution is 5.92. The molecule has 2 N–H and O–H groups in total. The Bertz CT molecular complexity index is 768. The summed E-state index contributed by atoms with van der Waals surface area (Å²) in [7, 11) is 6.06. The van der Waals surface area contributed by atoms with E-state index < -0.39 is 0 Å². The van der Waals surface area contributed by atoms with Crippen LogP contribution >= 0.6 is 0 Å². The highest BCUT2D eigenvalue weighted by atomic mass is 16.2. The van der Waals surface area contributed by atoms with Gasteiger partial charge in [0.15, 0.2) is 0 Å². The van der Waals surface area contributed by atoms with Crippen LogP contribution in [-0.2, 0) is 13.6 Å². The SMILES string of the molecule is CN(C)Cc1nnc(C2CC(NC(=O)c3cc(C4CC4)[nH]n3)C2)n1C. The number of nitrogens with zero attached hydrogens (tertiary/aromatic N) is 5. The van der Waals surface area contributed by atoms with Crippen LogP contribution < -0.4 is 5.32 Å². The fourth-order valence-electron chi connectivity index (χ4n) is 3.41. The van der Waals surface area contributed by atoms with Gasteiger partial charge in [0.25, 0.3) is 5.91 Å². The number of hydrogen-bond acceptors (Lipinski definition) is 5. The van der Waals surface area contributed by atoms with Crippen LogP contribution in [0.1, 0.15) is 65.4 Å². The van der Waals surface area contributed by atoms with E-state index in [0.29, 0.717) is 17.5 Å². The zero-order valence-corrected chi connectivity index (χ0v) is 15.0. The predicted molar refractivity (Wildman–Crippen MR) is 92.2 cm³/mol. The first-order chi connectivity index (χ1) is 12.0. The second-order valence-corrected chi connectivity index (χ2v) is 7.59. The van der Waals surface area contributed by atoms with Crippen LogP contribution in [0.5, 0.6) is 0 Å². The topological polar surface area (TPSA) is 91.7 Å². The molecule has 0 saturated heterocycles. The maximum Gasteiger partial charge on any atom is 0.271 e. The highest BCUT2D eigenvalue weighted by Crippen LogP contribution is 2.39. The molecule has 2 aromatic heterocycles. The molecule has 0 unspecified atom stereocenters. The summed E-state index contributed by atoms with van der Waals surface area (Å²) in [5.74, 6) is 2.84. The third kappa shape index (κ3) is 3.30. The molecule has 0 bridgehead atoms. The van der Waals surface area contributed by atoms with E-state index in [9.17, 15) is 4.79 Å². The van der Waals surface area contributed by atoms with Crippen molar-refractivity contribution in [1.29, 1.82) is 0 Å². The number of nitrogens with one attached hydrogen (secondary N) is 2. The molecule has 2 heterocycles. The molecule has 0 atom stereocenters. The van der Waals surface area contributed by atoms with Crippen LogP contribution in [0.2, 0.25) is 0 Å². The van der Waals surface area contributed by atoms with E-state index in [0.717, 1.165) is 36.7 Å². The molecule has 0 aliphatic heterocycles. The molecule has 4 rings (SSSR count). The van der Waals surface area contributed by atoms with Crippen LogP contribution in [0, 0.1) is 0 Å². The monoisotopic (exact) mass is 343 g/mol. The van der Waals surface area contributed by atoms with E-state index >= 15 is 0 Å². The van der Waals surface area contributed by atoms with Gasteiger partial charge < -0.3 is 14.8 Å². The number of H-pyrrole nitrogens is 1. The third-order valence-corrected chi connectivity index (χ3v) is 5.14. The van der Waals surface area contributed by atoms with Gasteiger partial charge in [-0.1, -0.05) is 0 Å². The van der Waals surface area contributed by atoms with Crippen molar-refractivity contribution in [3.8, 4) is 0 Å². The minimum absolute atomic E-state index is 0.0853. The highest BCUT2D eigenvalue weighted by Gasteiger charge is 2.35. The molecule has 0 spiro atoms. The molecule has 8 nitrogen and oxygen atoms in total. The van der Waals surface area contributed by atoms with Crippen LogP contribution in [0.4, 0.5) is 0 Å². The normalized spacial score (nSPS) is 22.9. The number of rotatable bonds is 6. The molecule has 2 aliphatic carbocycles. The average Bonchev–Trinajstić information content (AvgIpc) is 3.16. The lowest BCUT2D eigenvalue weighted by Crippen LogP contribution is -2.44. The minimum Gasteiger partial charge on any atom is -0.348 e. The summed E-state index contributed by atoms with van der Waals surface area (Å²) in [6.07, 6.45) is 4.20. The molecule has 2 saturated carbocycles. The molecular weight excluding hydrogens is 318 g/mol. The van der Waals surface area contributed by atoms with E-state index in [2.05, 4.69) is 35.2 Å². The Hall–Kier alpha value is -2.22. The Morgan fingerprint density at radius 3 is 2.76 bits per heavy atom. The van der Waals surface area contributed by atoms with E-state index in [1.54, 1.807) is 0 Å². The Morgan fingerprint density at radius 2 is 2.08 bits per heavy atom. The van der Waals surface area contributed by atoms with Gasteiger partial charge >= 0.3 is 0 Å². The molecule has 2 fully saturated rings. The van der Waals surface area contributed by atoms with Crippen molar-refractivity contribution in [2.75, 3.05) is 14.1 Å². The van der Waals surface area contributed by atoms with Gasteiger partial charge in [-0.15, -0.1) is 10.2 Å².